The van der Waals surface area contributed by atoms with Crippen LogP contribution in [0.5, 0.6) is 0 Å². The molecule has 1 atom stereocenters. The van der Waals surface area contributed by atoms with Gasteiger partial charge in [-0.15, -0.1) is 0 Å². The van der Waals surface area contributed by atoms with E-state index in [0.29, 0.717) is 5.92 Å². The van der Waals surface area contributed by atoms with Gasteiger partial charge in [0.15, 0.2) is 5.71 Å². The summed E-state index contributed by atoms with van der Waals surface area (Å²) < 4.78 is 2.37. The van der Waals surface area contributed by atoms with E-state index in [9.17, 15) is 0 Å². The van der Waals surface area contributed by atoms with Gasteiger partial charge in [0.25, 0.3) is 0 Å². The number of para-hydroxylation sites is 1. The van der Waals surface area contributed by atoms with Crippen LogP contribution in [-0.4, -0.2) is 17.3 Å². The zero-order chi connectivity index (χ0) is 20.4. The molecule has 0 fully saturated rings. The number of thioether (sulfide) groups is 1. The van der Waals surface area contributed by atoms with Crippen LogP contribution in [0.3, 0.4) is 0 Å². The van der Waals surface area contributed by atoms with Gasteiger partial charge in [0.1, 0.15) is 7.05 Å². The van der Waals surface area contributed by atoms with E-state index in [0.717, 1.165) is 0 Å². The average Bonchev–Trinajstić information content (AvgIpc) is 2.94. The summed E-state index contributed by atoms with van der Waals surface area (Å²) in [6, 6.07) is 19.7. The molecule has 1 nitrogen and oxygen atoms in total. The van der Waals surface area contributed by atoms with Gasteiger partial charge in [-0.2, -0.15) is 4.58 Å². The lowest BCUT2D eigenvalue weighted by Crippen LogP contribution is -2.26. The van der Waals surface area contributed by atoms with Crippen LogP contribution in [0.2, 0.25) is 0 Å². The fourth-order valence-electron chi connectivity index (χ4n) is 4.86. The molecule has 0 spiro atoms. The topological polar surface area (TPSA) is 3.01 Å². The monoisotopic (exact) mass is 402 g/mol. The van der Waals surface area contributed by atoms with Crippen LogP contribution in [-0.2, 0) is 5.41 Å². The highest BCUT2D eigenvalue weighted by Crippen LogP contribution is 2.44. The van der Waals surface area contributed by atoms with Gasteiger partial charge in [-0.3, -0.25) is 0 Å². The summed E-state index contributed by atoms with van der Waals surface area (Å²) in [5, 5.41) is 0. The van der Waals surface area contributed by atoms with Crippen molar-refractivity contribution in [2.45, 2.75) is 56.8 Å². The molecule has 4 rings (SSSR count). The Morgan fingerprint density at radius 2 is 1.76 bits per heavy atom. The number of hydrogen-bond donors (Lipinski definition) is 0. The van der Waals surface area contributed by atoms with Crippen LogP contribution in [0.25, 0.3) is 0 Å². The summed E-state index contributed by atoms with van der Waals surface area (Å²) in [7, 11) is 2.21. The van der Waals surface area contributed by atoms with Crippen molar-refractivity contribution in [1.29, 1.82) is 0 Å². The van der Waals surface area contributed by atoms with E-state index in [1.807, 2.05) is 11.8 Å². The normalized spacial score (nSPS) is 21.2. The van der Waals surface area contributed by atoms with Crippen molar-refractivity contribution in [1.82, 2.24) is 0 Å². The van der Waals surface area contributed by atoms with Crippen molar-refractivity contribution in [2.24, 2.45) is 5.92 Å². The third-order valence-electron chi connectivity index (χ3n) is 6.53. The van der Waals surface area contributed by atoms with Gasteiger partial charge in [0.05, 0.1) is 5.41 Å². The first-order valence-corrected chi connectivity index (χ1v) is 11.7. The molecule has 2 aromatic carbocycles. The lowest BCUT2D eigenvalue weighted by molar-refractivity contribution is -0.401. The Balaban J connectivity index is 1.70. The highest BCUT2D eigenvalue weighted by molar-refractivity contribution is 8.03. The Morgan fingerprint density at radius 1 is 1.03 bits per heavy atom. The molecule has 0 radical (unpaired) electrons. The first kappa shape index (κ1) is 20.2. The Hall–Kier alpha value is -2.06. The van der Waals surface area contributed by atoms with E-state index in [-0.39, 0.29) is 5.41 Å². The second-order valence-corrected chi connectivity index (χ2v) is 9.84. The van der Waals surface area contributed by atoms with Crippen molar-refractivity contribution >= 4 is 23.2 Å². The van der Waals surface area contributed by atoms with Gasteiger partial charge >= 0.3 is 0 Å². The minimum atomic E-state index is 0.0357. The number of benzene rings is 2. The van der Waals surface area contributed by atoms with Crippen LogP contribution in [0.15, 0.2) is 82.1 Å². The predicted molar refractivity (Wildman–Crippen MR) is 126 cm³/mol. The minimum Gasteiger partial charge on any atom is -0.198 e. The molecular formula is C27H32NS+. The Morgan fingerprint density at radius 3 is 2.48 bits per heavy atom. The molecule has 1 unspecified atom stereocenters. The first-order valence-electron chi connectivity index (χ1n) is 10.9. The van der Waals surface area contributed by atoms with Crippen molar-refractivity contribution in [3.8, 4) is 0 Å². The number of hydrogen-bond acceptors (Lipinski definition) is 1. The maximum atomic E-state index is 2.42. The second kappa shape index (κ2) is 8.36. The lowest BCUT2D eigenvalue weighted by Gasteiger charge is -2.26. The molecule has 2 aliphatic rings. The number of fused-ring (bicyclic) bond motifs is 1. The van der Waals surface area contributed by atoms with Gasteiger partial charge in [0.2, 0.25) is 5.69 Å². The minimum absolute atomic E-state index is 0.0357. The van der Waals surface area contributed by atoms with Crippen LogP contribution in [0.4, 0.5) is 5.69 Å². The van der Waals surface area contributed by atoms with Crippen LogP contribution >= 0.6 is 11.8 Å². The summed E-state index contributed by atoms with van der Waals surface area (Å²) in [5.41, 5.74) is 5.71. The summed E-state index contributed by atoms with van der Waals surface area (Å²) in [6.07, 6.45) is 9.83. The van der Waals surface area contributed by atoms with Gasteiger partial charge in [-0.1, -0.05) is 61.2 Å². The Bertz CT molecular complexity index is 979. The molecule has 0 N–H and O–H groups in total. The second-order valence-electron chi connectivity index (χ2n) is 8.72. The van der Waals surface area contributed by atoms with E-state index in [4.69, 9.17) is 0 Å². The van der Waals surface area contributed by atoms with Gasteiger partial charge < -0.3 is 0 Å². The molecule has 1 aliphatic heterocycles. The van der Waals surface area contributed by atoms with Gasteiger partial charge in [-0.05, 0) is 68.1 Å². The average molecular weight is 403 g/mol. The maximum absolute atomic E-state index is 2.42. The molecule has 1 heterocycles. The van der Waals surface area contributed by atoms with E-state index in [1.54, 1.807) is 4.91 Å². The molecule has 0 aromatic heterocycles. The van der Waals surface area contributed by atoms with Crippen molar-refractivity contribution in [2.75, 3.05) is 7.05 Å². The smallest absolute Gasteiger partial charge is 0.198 e. The molecule has 150 valence electrons. The SMILES string of the molecule is CCC1CCCC(C=CC2=[N+](C)c3ccccc3C2(C)C)=C1Sc1ccccc1. The van der Waals surface area contributed by atoms with Crippen LogP contribution < -0.4 is 0 Å². The molecule has 0 saturated carbocycles. The Labute approximate surface area is 180 Å². The standard InChI is InChI=1S/C27H32NS/c1-5-20-12-11-13-21(26(20)29-22-14-7-6-8-15-22)18-19-25-27(2,3)23-16-9-10-17-24(23)28(25)4/h6-10,14-20H,5,11-13H2,1-4H3/q+1. The lowest BCUT2D eigenvalue weighted by atomic mass is 9.81. The quantitative estimate of drug-likeness (QED) is 0.468. The summed E-state index contributed by atoms with van der Waals surface area (Å²) in [4.78, 5) is 2.94. The van der Waals surface area contributed by atoms with Crippen molar-refractivity contribution in [3.05, 3.63) is 82.8 Å². The Kier molecular flexibility index (Phi) is 5.83. The number of rotatable bonds is 5. The molecule has 0 bridgehead atoms. The molecule has 0 amide bonds. The third-order valence-corrected chi connectivity index (χ3v) is 7.86. The largest absolute Gasteiger partial charge is 0.209 e. The van der Waals surface area contributed by atoms with Crippen molar-refractivity contribution in [3.63, 3.8) is 0 Å². The molecule has 1 aliphatic carbocycles. The molecule has 0 saturated heterocycles. The molecular weight excluding hydrogens is 370 g/mol. The highest BCUT2D eigenvalue weighted by Gasteiger charge is 2.42. The summed E-state index contributed by atoms with van der Waals surface area (Å²) in [5.74, 6) is 0.685. The maximum Gasteiger partial charge on any atom is 0.209 e. The van der Waals surface area contributed by atoms with E-state index >= 15 is 0 Å². The predicted octanol–water partition coefficient (Wildman–Crippen LogP) is 7.51. The van der Waals surface area contributed by atoms with Crippen LogP contribution in [0.1, 0.15) is 52.0 Å². The fourth-order valence-corrected chi connectivity index (χ4v) is 6.16. The molecule has 2 heteroatoms. The first-order chi connectivity index (χ1) is 14.0. The van der Waals surface area contributed by atoms with Crippen molar-refractivity contribution < 1.29 is 4.58 Å². The third kappa shape index (κ3) is 3.88. The summed E-state index contributed by atoms with van der Waals surface area (Å²) in [6.45, 7) is 7.03. The number of allylic oxidation sites excluding steroid dienone is 4. The van der Waals surface area contributed by atoms with Crippen LogP contribution in [0, 0.1) is 5.92 Å². The van der Waals surface area contributed by atoms with E-state index in [1.165, 1.54) is 53.1 Å². The zero-order valence-corrected chi connectivity index (χ0v) is 18.9. The van der Waals surface area contributed by atoms with E-state index < -0.39 is 0 Å². The van der Waals surface area contributed by atoms with E-state index in [2.05, 4.69) is 99.1 Å². The summed E-state index contributed by atoms with van der Waals surface area (Å²) >= 11 is 1.98. The van der Waals surface area contributed by atoms with Gasteiger partial charge in [0, 0.05) is 22.6 Å². The molecule has 29 heavy (non-hydrogen) atoms. The molecule has 2 aromatic rings. The highest BCUT2D eigenvalue weighted by atomic mass is 32.2. The fraction of sp³-hybridized carbons (Fsp3) is 0.370. The zero-order valence-electron chi connectivity index (χ0n) is 18.1. The van der Waals surface area contributed by atoms with Gasteiger partial charge in [-0.25, -0.2) is 0 Å². The number of nitrogens with zero attached hydrogens (tertiary/aromatic N) is 1.